The Kier molecular flexibility index (Phi) is 5.13. The predicted octanol–water partition coefficient (Wildman–Crippen LogP) is 1.48. The number of amides is 1. The molecule has 0 radical (unpaired) electrons. The highest BCUT2D eigenvalue weighted by atomic mass is 32.2. The van der Waals surface area contributed by atoms with Crippen molar-refractivity contribution in [2.24, 2.45) is 0 Å². The number of hydrogen-bond donors (Lipinski definition) is 1. The van der Waals surface area contributed by atoms with Crippen molar-refractivity contribution >= 4 is 27.7 Å². The van der Waals surface area contributed by atoms with Gasteiger partial charge < -0.3 is 14.6 Å². The molecule has 2 fully saturated rings. The zero-order valence-corrected chi connectivity index (χ0v) is 14.7. The largest absolute Gasteiger partial charge is 0.441 e. The van der Waals surface area contributed by atoms with E-state index in [4.69, 9.17) is 4.42 Å². The Bertz CT molecular complexity index is 813. The van der Waals surface area contributed by atoms with Crippen molar-refractivity contribution < 1.29 is 17.6 Å². The first kappa shape index (κ1) is 17.5. The number of rotatable bonds is 4. The van der Waals surface area contributed by atoms with E-state index in [1.165, 1.54) is 12.5 Å². The van der Waals surface area contributed by atoms with Gasteiger partial charge in [0.2, 0.25) is 0 Å². The van der Waals surface area contributed by atoms with Gasteiger partial charge in [-0.3, -0.25) is 4.79 Å². The van der Waals surface area contributed by atoms with Gasteiger partial charge in [-0.05, 0) is 31.7 Å². The van der Waals surface area contributed by atoms with Crippen LogP contribution in [0.5, 0.6) is 0 Å². The van der Waals surface area contributed by atoms with Crippen molar-refractivity contribution in [2.75, 3.05) is 29.5 Å². The highest BCUT2D eigenvalue weighted by Gasteiger charge is 2.29. The van der Waals surface area contributed by atoms with E-state index in [-0.39, 0.29) is 17.1 Å². The molecule has 1 unspecified atom stereocenters. The SMILES string of the molecule is N#C/C(=C\c1ccc(N2CCCCC2)o1)C(=O)NC1CCS(=O)(=O)C1. The van der Waals surface area contributed by atoms with Crippen molar-refractivity contribution in [3.05, 3.63) is 23.5 Å². The van der Waals surface area contributed by atoms with Gasteiger partial charge in [0.05, 0.1) is 11.5 Å². The van der Waals surface area contributed by atoms with Crippen molar-refractivity contribution in [3.8, 4) is 6.07 Å². The fourth-order valence-corrected chi connectivity index (χ4v) is 4.84. The summed E-state index contributed by atoms with van der Waals surface area (Å²) in [6, 6.07) is 5.00. The molecule has 2 aliphatic rings. The molecule has 8 heteroatoms. The maximum absolute atomic E-state index is 12.2. The van der Waals surface area contributed by atoms with Crippen molar-refractivity contribution in [1.82, 2.24) is 5.32 Å². The lowest BCUT2D eigenvalue weighted by Crippen LogP contribution is -2.36. The van der Waals surface area contributed by atoms with E-state index >= 15 is 0 Å². The molecule has 7 nitrogen and oxygen atoms in total. The standard InChI is InChI=1S/C17H21N3O4S/c18-11-13(17(21)19-14-6-9-25(22,23)12-14)10-15-4-5-16(24-15)20-7-2-1-3-8-20/h4-5,10,14H,1-3,6-9,12H2,(H,19,21)/b13-10+. The number of sulfone groups is 1. The first-order valence-corrected chi connectivity index (χ1v) is 10.3. The molecule has 0 spiro atoms. The van der Waals surface area contributed by atoms with E-state index in [9.17, 15) is 18.5 Å². The monoisotopic (exact) mass is 363 g/mol. The van der Waals surface area contributed by atoms with Crippen LogP contribution in [0.15, 0.2) is 22.1 Å². The molecule has 134 valence electrons. The van der Waals surface area contributed by atoms with Crippen LogP contribution >= 0.6 is 0 Å². The van der Waals surface area contributed by atoms with Gasteiger partial charge in [-0.25, -0.2) is 8.42 Å². The summed E-state index contributed by atoms with van der Waals surface area (Å²) in [5.74, 6) is 0.607. The Balaban J connectivity index is 1.67. The van der Waals surface area contributed by atoms with Gasteiger partial charge in [-0.2, -0.15) is 5.26 Å². The highest BCUT2D eigenvalue weighted by molar-refractivity contribution is 7.91. The molecule has 1 amide bonds. The minimum atomic E-state index is -3.08. The van der Waals surface area contributed by atoms with Gasteiger partial charge in [0.25, 0.3) is 5.91 Å². The number of carbonyl (C=O) groups excluding carboxylic acids is 1. The molecular formula is C17H21N3O4S. The second kappa shape index (κ2) is 7.31. The second-order valence-electron chi connectivity index (χ2n) is 6.47. The molecule has 0 bridgehead atoms. The topological polar surface area (TPSA) is 103 Å². The molecule has 1 aromatic rings. The molecule has 0 saturated carbocycles. The normalized spacial score (nSPS) is 23.2. The molecule has 25 heavy (non-hydrogen) atoms. The van der Waals surface area contributed by atoms with Crippen LogP contribution in [0.2, 0.25) is 0 Å². The Morgan fingerprint density at radius 3 is 2.72 bits per heavy atom. The summed E-state index contributed by atoms with van der Waals surface area (Å²) in [6.45, 7) is 1.89. The number of furan rings is 1. The van der Waals surface area contributed by atoms with Crippen LogP contribution in [0, 0.1) is 11.3 Å². The lowest BCUT2D eigenvalue weighted by molar-refractivity contribution is -0.117. The highest BCUT2D eigenvalue weighted by Crippen LogP contribution is 2.24. The maximum Gasteiger partial charge on any atom is 0.262 e. The van der Waals surface area contributed by atoms with E-state index in [1.54, 1.807) is 6.07 Å². The van der Waals surface area contributed by atoms with Crippen LogP contribution in [0.25, 0.3) is 6.08 Å². The zero-order valence-electron chi connectivity index (χ0n) is 13.9. The van der Waals surface area contributed by atoms with Gasteiger partial charge >= 0.3 is 0 Å². The first-order valence-electron chi connectivity index (χ1n) is 8.45. The average Bonchev–Trinajstić information content (AvgIpc) is 3.19. The number of piperidine rings is 1. The maximum atomic E-state index is 12.2. The number of anilines is 1. The van der Waals surface area contributed by atoms with E-state index in [2.05, 4.69) is 10.2 Å². The third-order valence-electron chi connectivity index (χ3n) is 4.50. The Hall–Kier alpha value is -2.27. The van der Waals surface area contributed by atoms with Crippen LogP contribution < -0.4 is 10.2 Å². The smallest absolute Gasteiger partial charge is 0.262 e. The predicted molar refractivity (Wildman–Crippen MR) is 93.6 cm³/mol. The molecule has 0 aromatic carbocycles. The minimum Gasteiger partial charge on any atom is -0.441 e. The van der Waals surface area contributed by atoms with Gasteiger partial charge in [-0.15, -0.1) is 0 Å². The van der Waals surface area contributed by atoms with Crippen molar-refractivity contribution in [2.45, 2.75) is 31.7 Å². The third-order valence-corrected chi connectivity index (χ3v) is 6.27. The fraction of sp³-hybridized carbons (Fsp3) is 0.529. The fourth-order valence-electron chi connectivity index (χ4n) is 3.17. The summed E-state index contributed by atoms with van der Waals surface area (Å²) in [6.07, 6.45) is 5.25. The summed E-state index contributed by atoms with van der Waals surface area (Å²) < 4.78 is 28.6. The van der Waals surface area contributed by atoms with Crippen LogP contribution in [0.4, 0.5) is 5.88 Å². The number of nitrogens with zero attached hydrogens (tertiary/aromatic N) is 2. The quantitative estimate of drug-likeness (QED) is 0.642. The Morgan fingerprint density at radius 1 is 1.32 bits per heavy atom. The van der Waals surface area contributed by atoms with Crippen LogP contribution in [-0.2, 0) is 14.6 Å². The summed E-state index contributed by atoms with van der Waals surface area (Å²) in [4.78, 5) is 14.4. The average molecular weight is 363 g/mol. The summed E-state index contributed by atoms with van der Waals surface area (Å²) >= 11 is 0. The van der Waals surface area contributed by atoms with Crippen LogP contribution in [0.1, 0.15) is 31.4 Å². The van der Waals surface area contributed by atoms with Gasteiger partial charge in [0.15, 0.2) is 15.7 Å². The van der Waals surface area contributed by atoms with Crippen LogP contribution in [0.3, 0.4) is 0 Å². The minimum absolute atomic E-state index is 0.0704. The number of nitrogens with one attached hydrogen (secondary N) is 1. The molecule has 2 saturated heterocycles. The molecule has 1 N–H and O–H groups in total. The molecule has 1 atom stereocenters. The van der Waals surface area contributed by atoms with Crippen molar-refractivity contribution in [3.63, 3.8) is 0 Å². The first-order chi connectivity index (χ1) is 12.0. The summed E-state index contributed by atoms with van der Waals surface area (Å²) in [5, 5.41) is 11.9. The Labute approximate surface area is 147 Å². The molecule has 1 aromatic heterocycles. The number of nitriles is 1. The van der Waals surface area contributed by atoms with Gasteiger partial charge in [0, 0.05) is 31.3 Å². The molecule has 3 rings (SSSR count). The van der Waals surface area contributed by atoms with E-state index < -0.39 is 21.8 Å². The number of hydrogen-bond acceptors (Lipinski definition) is 6. The van der Waals surface area contributed by atoms with Gasteiger partial charge in [0.1, 0.15) is 17.4 Å². The Morgan fingerprint density at radius 2 is 2.08 bits per heavy atom. The summed E-state index contributed by atoms with van der Waals surface area (Å²) in [5.41, 5.74) is -0.0937. The molecule has 3 heterocycles. The van der Waals surface area contributed by atoms with E-state index in [0.29, 0.717) is 12.2 Å². The molecule has 2 aliphatic heterocycles. The lowest BCUT2D eigenvalue weighted by Gasteiger charge is -2.25. The van der Waals surface area contributed by atoms with E-state index in [0.717, 1.165) is 31.8 Å². The van der Waals surface area contributed by atoms with Gasteiger partial charge in [-0.1, -0.05) is 0 Å². The zero-order chi connectivity index (χ0) is 17.9. The number of carbonyl (C=O) groups is 1. The van der Waals surface area contributed by atoms with Crippen LogP contribution in [-0.4, -0.2) is 45.0 Å². The van der Waals surface area contributed by atoms with Crippen molar-refractivity contribution in [1.29, 1.82) is 5.26 Å². The summed E-state index contributed by atoms with van der Waals surface area (Å²) in [7, 11) is -3.08. The van der Waals surface area contributed by atoms with E-state index in [1.807, 2.05) is 12.1 Å². The molecule has 0 aliphatic carbocycles. The lowest BCUT2D eigenvalue weighted by atomic mass is 10.1. The molecular weight excluding hydrogens is 342 g/mol. The second-order valence-corrected chi connectivity index (χ2v) is 8.70. The third kappa shape index (κ3) is 4.42.